The van der Waals surface area contributed by atoms with E-state index in [1.54, 1.807) is 0 Å². The average Bonchev–Trinajstić information content (AvgIpc) is 2.06. The van der Waals surface area contributed by atoms with Crippen LogP contribution in [0.5, 0.6) is 0 Å². The molecule has 0 N–H and O–H groups in total. The SMILES string of the molecule is COCC(=O)c1ccc(F)cc1. The third-order valence-corrected chi connectivity index (χ3v) is 1.44. The zero-order valence-corrected chi connectivity index (χ0v) is 6.71. The van der Waals surface area contributed by atoms with Gasteiger partial charge in [-0.2, -0.15) is 0 Å². The van der Waals surface area contributed by atoms with E-state index in [1.165, 1.54) is 31.4 Å². The number of Topliss-reactive ketones (excluding diaryl/α,β-unsaturated/α-hetero) is 1. The Morgan fingerprint density at radius 2 is 2.00 bits per heavy atom. The largest absolute Gasteiger partial charge is 0.377 e. The van der Waals surface area contributed by atoms with Crippen molar-refractivity contribution in [3.8, 4) is 0 Å². The van der Waals surface area contributed by atoms with E-state index in [-0.39, 0.29) is 18.2 Å². The van der Waals surface area contributed by atoms with Gasteiger partial charge in [-0.1, -0.05) is 0 Å². The van der Waals surface area contributed by atoms with Crippen molar-refractivity contribution in [2.75, 3.05) is 13.7 Å². The predicted octanol–water partition coefficient (Wildman–Crippen LogP) is 1.65. The molecule has 0 bridgehead atoms. The number of methoxy groups -OCH3 is 1. The second kappa shape index (κ2) is 3.97. The Kier molecular flexibility index (Phi) is 2.94. The van der Waals surface area contributed by atoms with Crippen molar-refractivity contribution in [1.82, 2.24) is 0 Å². The molecule has 1 aromatic carbocycles. The summed E-state index contributed by atoms with van der Waals surface area (Å²) >= 11 is 0. The quantitative estimate of drug-likeness (QED) is 0.641. The summed E-state index contributed by atoms with van der Waals surface area (Å²) in [4.78, 5) is 11.1. The third-order valence-electron chi connectivity index (χ3n) is 1.44. The second-order valence-corrected chi connectivity index (χ2v) is 2.36. The third kappa shape index (κ3) is 2.13. The second-order valence-electron chi connectivity index (χ2n) is 2.36. The maximum absolute atomic E-state index is 12.4. The molecule has 3 heteroatoms. The van der Waals surface area contributed by atoms with E-state index in [0.717, 1.165) is 0 Å². The molecule has 1 aromatic rings. The molecule has 0 aromatic heterocycles. The number of hydrogen-bond acceptors (Lipinski definition) is 2. The van der Waals surface area contributed by atoms with Gasteiger partial charge in [-0.25, -0.2) is 4.39 Å². The summed E-state index contributed by atoms with van der Waals surface area (Å²) in [5, 5.41) is 0. The molecule has 0 fully saturated rings. The van der Waals surface area contributed by atoms with Crippen LogP contribution in [0.3, 0.4) is 0 Å². The highest BCUT2D eigenvalue weighted by atomic mass is 19.1. The summed E-state index contributed by atoms with van der Waals surface area (Å²) in [5.74, 6) is -0.485. The van der Waals surface area contributed by atoms with Gasteiger partial charge in [0.25, 0.3) is 0 Å². The molecule has 2 nitrogen and oxygen atoms in total. The molecule has 0 spiro atoms. The molecule has 0 unspecified atom stereocenters. The van der Waals surface area contributed by atoms with Gasteiger partial charge in [0.2, 0.25) is 0 Å². The Balaban J connectivity index is 2.75. The highest BCUT2D eigenvalue weighted by molar-refractivity contribution is 5.96. The maximum atomic E-state index is 12.4. The van der Waals surface area contributed by atoms with Gasteiger partial charge in [-0.05, 0) is 24.3 Å². The lowest BCUT2D eigenvalue weighted by Crippen LogP contribution is -2.06. The van der Waals surface area contributed by atoms with Crippen molar-refractivity contribution in [3.63, 3.8) is 0 Å². The summed E-state index contributed by atoms with van der Waals surface area (Å²) in [6, 6.07) is 5.39. The number of ketones is 1. The standard InChI is InChI=1S/C9H9FO2/c1-12-6-9(11)7-2-4-8(10)5-3-7/h2-5H,6H2,1H3. The fourth-order valence-corrected chi connectivity index (χ4v) is 0.850. The lowest BCUT2D eigenvalue weighted by Gasteiger charge is -1.98. The molecular formula is C9H9FO2. The molecule has 12 heavy (non-hydrogen) atoms. The smallest absolute Gasteiger partial charge is 0.188 e. The minimum atomic E-state index is -0.344. The Labute approximate surface area is 70.0 Å². The van der Waals surface area contributed by atoms with E-state index >= 15 is 0 Å². The van der Waals surface area contributed by atoms with Gasteiger partial charge in [0.15, 0.2) is 5.78 Å². The molecule has 0 radical (unpaired) electrons. The van der Waals surface area contributed by atoms with Crippen molar-refractivity contribution in [2.45, 2.75) is 0 Å². The van der Waals surface area contributed by atoms with Crippen LogP contribution in [0.2, 0.25) is 0 Å². The molecule has 64 valence electrons. The average molecular weight is 168 g/mol. The summed E-state index contributed by atoms with van der Waals surface area (Å²) in [6.45, 7) is 0.0334. The molecule has 0 aliphatic heterocycles. The molecule has 0 amide bonds. The first-order valence-corrected chi connectivity index (χ1v) is 3.51. The van der Waals surface area contributed by atoms with Gasteiger partial charge in [0, 0.05) is 12.7 Å². The van der Waals surface area contributed by atoms with Crippen LogP contribution in [0.1, 0.15) is 10.4 Å². The number of hydrogen-bond donors (Lipinski definition) is 0. The number of rotatable bonds is 3. The van der Waals surface area contributed by atoms with Crippen LogP contribution >= 0.6 is 0 Å². The van der Waals surface area contributed by atoms with E-state index in [4.69, 9.17) is 0 Å². The molecule has 0 atom stereocenters. The molecule has 0 aliphatic rings. The fraction of sp³-hybridized carbons (Fsp3) is 0.222. The molecule has 0 saturated heterocycles. The van der Waals surface area contributed by atoms with Crippen LogP contribution in [0, 0.1) is 5.82 Å². The van der Waals surface area contributed by atoms with E-state index in [1.807, 2.05) is 0 Å². The summed E-state index contributed by atoms with van der Waals surface area (Å²) < 4.78 is 17.0. The predicted molar refractivity (Wildman–Crippen MR) is 42.6 cm³/mol. The molecule has 0 saturated carbocycles. The topological polar surface area (TPSA) is 26.3 Å². The lowest BCUT2D eigenvalue weighted by atomic mass is 10.1. The normalized spacial score (nSPS) is 9.83. The lowest BCUT2D eigenvalue weighted by molar-refractivity contribution is 0.0848. The minimum absolute atomic E-state index is 0.0334. The highest BCUT2D eigenvalue weighted by Crippen LogP contribution is 2.03. The number of carbonyl (C=O) groups excluding carboxylic acids is 1. The number of carbonyl (C=O) groups is 1. The zero-order valence-electron chi connectivity index (χ0n) is 6.71. The number of ether oxygens (including phenoxy) is 1. The van der Waals surface area contributed by atoms with E-state index in [0.29, 0.717) is 5.56 Å². The first-order valence-electron chi connectivity index (χ1n) is 3.51. The van der Waals surface area contributed by atoms with Crippen molar-refractivity contribution >= 4 is 5.78 Å². The van der Waals surface area contributed by atoms with Crippen molar-refractivity contribution in [2.24, 2.45) is 0 Å². The van der Waals surface area contributed by atoms with Gasteiger partial charge in [-0.15, -0.1) is 0 Å². The zero-order chi connectivity index (χ0) is 8.97. The maximum Gasteiger partial charge on any atom is 0.188 e. The monoisotopic (exact) mass is 168 g/mol. The minimum Gasteiger partial charge on any atom is -0.377 e. The number of halogens is 1. The van der Waals surface area contributed by atoms with E-state index in [2.05, 4.69) is 4.74 Å². The van der Waals surface area contributed by atoms with Crippen LogP contribution in [-0.4, -0.2) is 19.5 Å². The van der Waals surface area contributed by atoms with Crippen molar-refractivity contribution in [3.05, 3.63) is 35.6 Å². The molecular weight excluding hydrogens is 159 g/mol. The molecule has 0 aliphatic carbocycles. The van der Waals surface area contributed by atoms with Crippen molar-refractivity contribution < 1.29 is 13.9 Å². The first-order chi connectivity index (χ1) is 5.74. The van der Waals surface area contributed by atoms with Gasteiger partial charge in [0.05, 0.1) is 0 Å². The summed E-state index contributed by atoms with van der Waals surface area (Å²) in [6.07, 6.45) is 0. The first kappa shape index (κ1) is 8.87. The Morgan fingerprint density at radius 1 is 1.42 bits per heavy atom. The van der Waals surface area contributed by atoms with Crippen LogP contribution in [0.25, 0.3) is 0 Å². The van der Waals surface area contributed by atoms with Gasteiger partial charge in [-0.3, -0.25) is 4.79 Å². The van der Waals surface area contributed by atoms with Crippen LogP contribution in [0.15, 0.2) is 24.3 Å². The van der Waals surface area contributed by atoms with Crippen molar-refractivity contribution in [1.29, 1.82) is 0 Å². The summed E-state index contributed by atoms with van der Waals surface area (Å²) in [7, 11) is 1.45. The Bertz CT molecular complexity index is 266. The molecule has 0 heterocycles. The molecule has 1 rings (SSSR count). The Hall–Kier alpha value is -1.22. The fourth-order valence-electron chi connectivity index (χ4n) is 0.850. The van der Waals surface area contributed by atoms with E-state index in [9.17, 15) is 9.18 Å². The summed E-state index contributed by atoms with van der Waals surface area (Å²) in [5.41, 5.74) is 0.471. The van der Waals surface area contributed by atoms with Crippen LogP contribution in [-0.2, 0) is 4.74 Å². The van der Waals surface area contributed by atoms with E-state index < -0.39 is 0 Å². The van der Waals surface area contributed by atoms with Crippen LogP contribution < -0.4 is 0 Å². The van der Waals surface area contributed by atoms with Gasteiger partial charge >= 0.3 is 0 Å². The number of benzene rings is 1. The van der Waals surface area contributed by atoms with Gasteiger partial charge in [0.1, 0.15) is 12.4 Å². The van der Waals surface area contributed by atoms with Gasteiger partial charge < -0.3 is 4.74 Å². The van der Waals surface area contributed by atoms with Crippen LogP contribution in [0.4, 0.5) is 4.39 Å². The Morgan fingerprint density at radius 3 is 2.50 bits per heavy atom. The highest BCUT2D eigenvalue weighted by Gasteiger charge is 2.03.